The Bertz CT molecular complexity index is 614. The number of aromatic carboxylic acids is 1. The number of hydrogen-bond donors (Lipinski definition) is 1. The maximum atomic E-state index is 10.9. The van der Waals surface area contributed by atoms with Crippen LogP contribution in [0.2, 0.25) is 4.34 Å². The summed E-state index contributed by atoms with van der Waals surface area (Å²) in [6.45, 7) is 0.725. The lowest BCUT2D eigenvalue weighted by Gasteiger charge is -2.20. The minimum absolute atomic E-state index is 0.267. The molecule has 0 spiro atoms. The Hall–Kier alpha value is -1.04. The molecule has 0 fully saturated rings. The van der Waals surface area contributed by atoms with Crippen molar-refractivity contribution in [3.8, 4) is 0 Å². The first kappa shape index (κ1) is 14.4. The molecule has 3 nitrogen and oxygen atoms in total. The SMILES string of the molecule is CN(Cc1ccc(Cl)s1)c1ccc(C(=O)O)cc1Br. The number of halogens is 2. The van der Waals surface area contributed by atoms with Crippen LogP contribution >= 0.6 is 38.9 Å². The van der Waals surface area contributed by atoms with E-state index in [1.54, 1.807) is 18.2 Å². The number of rotatable bonds is 4. The number of carboxylic acids is 1. The highest BCUT2D eigenvalue weighted by Gasteiger charge is 2.11. The number of thiophene rings is 1. The van der Waals surface area contributed by atoms with E-state index in [0.29, 0.717) is 0 Å². The summed E-state index contributed by atoms with van der Waals surface area (Å²) in [7, 11) is 1.95. The lowest BCUT2D eigenvalue weighted by Crippen LogP contribution is -2.16. The molecule has 0 saturated carbocycles. The Morgan fingerprint density at radius 2 is 2.16 bits per heavy atom. The molecule has 1 heterocycles. The van der Waals surface area contributed by atoms with Crippen molar-refractivity contribution in [1.29, 1.82) is 0 Å². The molecule has 1 aromatic heterocycles. The maximum Gasteiger partial charge on any atom is 0.335 e. The van der Waals surface area contributed by atoms with E-state index < -0.39 is 5.97 Å². The zero-order valence-electron chi connectivity index (χ0n) is 10.1. The second-order valence-corrected chi connectivity index (χ2v) is 6.69. The van der Waals surface area contributed by atoms with Gasteiger partial charge in [0.25, 0.3) is 0 Å². The second kappa shape index (κ2) is 5.94. The monoisotopic (exact) mass is 359 g/mol. The van der Waals surface area contributed by atoms with Gasteiger partial charge in [-0.15, -0.1) is 11.3 Å². The van der Waals surface area contributed by atoms with Crippen LogP contribution in [0.5, 0.6) is 0 Å². The molecule has 1 aromatic carbocycles. The van der Waals surface area contributed by atoms with E-state index in [4.69, 9.17) is 16.7 Å². The van der Waals surface area contributed by atoms with Gasteiger partial charge in [0.2, 0.25) is 0 Å². The molecule has 0 saturated heterocycles. The molecule has 0 unspecified atom stereocenters. The number of carbonyl (C=O) groups is 1. The van der Waals surface area contributed by atoms with E-state index in [1.807, 2.05) is 24.1 Å². The minimum atomic E-state index is -0.931. The van der Waals surface area contributed by atoms with Gasteiger partial charge in [0.15, 0.2) is 0 Å². The third-order valence-corrected chi connectivity index (χ3v) is 4.48. The van der Waals surface area contributed by atoms with Gasteiger partial charge in [-0.2, -0.15) is 0 Å². The zero-order valence-corrected chi connectivity index (χ0v) is 13.2. The van der Waals surface area contributed by atoms with Crippen LogP contribution in [0.25, 0.3) is 0 Å². The normalized spacial score (nSPS) is 10.5. The lowest BCUT2D eigenvalue weighted by atomic mass is 10.2. The number of nitrogens with zero attached hydrogens (tertiary/aromatic N) is 1. The van der Waals surface area contributed by atoms with Crippen LogP contribution in [0.15, 0.2) is 34.8 Å². The summed E-state index contributed by atoms with van der Waals surface area (Å²) >= 11 is 10.8. The van der Waals surface area contributed by atoms with Crippen LogP contribution in [0.4, 0.5) is 5.69 Å². The van der Waals surface area contributed by atoms with Crippen molar-refractivity contribution < 1.29 is 9.90 Å². The Balaban J connectivity index is 2.19. The van der Waals surface area contributed by atoms with Crippen LogP contribution < -0.4 is 4.90 Å². The smallest absolute Gasteiger partial charge is 0.335 e. The fraction of sp³-hybridized carbons (Fsp3) is 0.154. The van der Waals surface area contributed by atoms with Crippen molar-refractivity contribution in [2.24, 2.45) is 0 Å². The van der Waals surface area contributed by atoms with Crippen LogP contribution in [-0.2, 0) is 6.54 Å². The van der Waals surface area contributed by atoms with Gasteiger partial charge in [-0.1, -0.05) is 11.6 Å². The van der Waals surface area contributed by atoms with E-state index in [9.17, 15) is 4.79 Å². The first-order valence-corrected chi connectivity index (χ1v) is 7.44. The average molecular weight is 361 g/mol. The number of anilines is 1. The van der Waals surface area contributed by atoms with Gasteiger partial charge in [0.1, 0.15) is 0 Å². The van der Waals surface area contributed by atoms with Crippen LogP contribution in [0.3, 0.4) is 0 Å². The third kappa shape index (κ3) is 3.49. The number of hydrogen-bond acceptors (Lipinski definition) is 3. The predicted molar refractivity (Wildman–Crippen MR) is 82.5 cm³/mol. The molecule has 0 aliphatic rings. The molecule has 0 radical (unpaired) electrons. The third-order valence-electron chi connectivity index (χ3n) is 2.63. The van der Waals surface area contributed by atoms with E-state index >= 15 is 0 Å². The molecule has 2 aromatic rings. The van der Waals surface area contributed by atoms with Gasteiger partial charge in [0, 0.05) is 16.4 Å². The number of benzene rings is 1. The molecule has 2 rings (SSSR count). The highest BCUT2D eigenvalue weighted by atomic mass is 79.9. The van der Waals surface area contributed by atoms with Crippen molar-refractivity contribution >= 4 is 50.5 Å². The Kier molecular flexibility index (Phi) is 4.50. The zero-order chi connectivity index (χ0) is 14.0. The molecule has 0 aliphatic carbocycles. The highest BCUT2D eigenvalue weighted by Crippen LogP contribution is 2.29. The molecular formula is C13H11BrClNO2S. The van der Waals surface area contributed by atoms with E-state index in [0.717, 1.165) is 25.9 Å². The fourth-order valence-corrected chi connectivity index (χ4v) is 3.53. The maximum absolute atomic E-state index is 10.9. The summed E-state index contributed by atoms with van der Waals surface area (Å²) in [4.78, 5) is 14.1. The van der Waals surface area contributed by atoms with E-state index in [1.165, 1.54) is 11.3 Å². The van der Waals surface area contributed by atoms with E-state index in [2.05, 4.69) is 15.9 Å². The Morgan fingerprint density at radius 1 is 1.42 bits per heavy atom. The van der Waals surface area contributed by atoms with Gasteiger partial charge in [-0.25, -0.2) is 4.79 Å². The first-order chi connectivity index (χ1) is 8.97. The molecule has 100 valence electrons. The molecule has 0 aliphatic heterocycles. The summed E-state index contributed by atoms with van der Waals surface area (Å²) in [5, 5.41) is 8.93. The first-order valence-electron chi connectivity index (χ1n) is 5.45. The second-order valence-electron chi connectivity index (χ2n) is 4.03. The average Bonchev–Trinajstić information content (AvgIpc) is 2.74. The van der Waals surface area contributed by atoms with Crippen molar-refractivity contribution in [2.75, 3.05) is 11.9 Å². The van der Waals surface area contributed by atoms with Crippen molar-refractivity contribution in [1.82, 2.24) is 0 Å². The van der Waals surface area contributed by atoms with Gasteiger partial charge in [-0.3, -0.25) is 0 Å². The Labute approximate surface area is 128 Å². The predicted octanol–water partition coefficient (Wildman–Crippen LogP) is 4.50. The Morgan fingerprint density at radius 3 is 2.68 bits per heavy atom. The van der Waals surface area contributed by atoms with Gasteiger partial charge >= 0.3 is 5.97 Å². The van der Waals surface area contributed by atoms with Gasteiger partial charge in [-0.05, 0) is 46.3 Å². The summed E-state index contributed by atoms with van der Waals surface area (Å²) in [5.74, 6) is -0.931. The molecule has 19 heavy (non-hydrogen) atoms. The van der Waals surface area contributed by atoms with E-state index in [-0.39, 0.29) is 5.56 Å². The molecule has 0 bridgehead atoms. The van der Waals surface area contributed by atoms with Crippen LogP contribution in [0, 0.1) is 0 Å². The molecule has 0 amide bonds. The minimum Gasteiger partial charge on any atom is -0.478 e. The quantitative estimate of drug-likeness (QED) is 0.873. The van der Waals surface area contributed by atoms with Crippen molar-refractivity contribution in [3.05, 3.63) is 49.6 Å². The summed E-state index contributed by atoms with van der Waals surface area (Å²) in [6, 6.07) is 8.86. The molecule has 6 heteroatoms. The molecule has 1 N–H and O–H groups in total. The number of carboxylic acid groups (broad SMARTS) is 1. The highest BCUT2D eigenvalue weighted by molar-refractivity contribution is 9.10. The van der Waals surface area contributed by atoms with Gasteiger partial charge in [0.05, 0.1) is 22.1 Å². The molecule has 0 atom stereocenters. The molecular weight excluding hydrogens is 350 g/mol. The van der Waals surface area contributed by atoms with Gasteiger partial charge < -0.3 is 10.0 Å². The van der Waals surface area contributed by atoms with Crippen LogP contribution in [-0.4, -0.2) is 18.1 Å². The fourth-order valence-electron chi connectivity index (χ4n) is 1.71. The standard InChI is InChI=1S/C13H11BrClNO2S/c1-16(7-9-3-5-12(15)19-9)11-4-2-8(13(17)18)6-10(11)14/h2-6H,7H2,1H3,(H,17,18). The van der Waals surface area contributed by atoms with Crippen molar-refractivity contribution in [3.63, 3.8) is 0 Å². The van der Waals surface area contributed by atoms with Crippen LogP contribution in [0.1, 0.15) is 15.2 Å². The van der Waals surface area contributed by atoms with Crippen molar-refractivity contribution in [2.45, 2.75) is 6.54 Å². The summed E-state index contributed by atoms with van der Waals surface area (Å²) in [6.07, 6.45) is 0. The summed E-state index contributed by atoms with van der Waals surface area (Å²) in [5.41, 5.74) is 1.21. The summed E-state index contributed by atoms with van der Waals surface area (Å²) < 4.78 is 1.53. The largest absolute Gasteiger partial charge is 0.478 e. The lowest BCUT2D eigenvalue weighted by molar-refractivity contribution is 0.0697. The topological polar surface area (TPSA) is 40.5 Å².